The van der Waals surface area contributed by atoms with Crippen LogP contribution in [0.15, 0.2) is 6.07 Å². The van der Waals surface area contributed by atoms with Gasteiger partial charge in [0, 0.05) is 51.3 Å². The van der Waals surface area contributed by atoms with Gasteiger partial charge in [-0.1, -0.05) is 13.8 Å². The molecule has 1 saturated heterocycles. The Morgan fingerprint density at radius 2 is 1.86 bits per heavy atom. The van der Waals surface area contributed by atoms with E-state index in [0.29, 0.717) is 11.7 Å². The number of anilines is 2. The number of nitrogen functional groups attached to an aromatic ring is 1. The van der Waals surface area contributed by atoms with Gasteiger partial charge in [-0.15, -0.1) is 0 Å². The fourth-order valence-corrected chi connectivity index (χ4v) is 2.43. The van der Waals surface area contributed by atoms with E-state index in [9.17, 15) is 0 Å². The minimum atomic E-state index is 0.300. The fourth-order valence-electron chi connectivity index (χ4n) is 2.43. The van der Waals surface area contributed by atoms with Crippen molar-refractivity contribution in [2.75, 3.05) is 64.0 Å². The molecule has 21 heavy (non-hydrogen) atoms. The van der Waals surface area contributed by atoms with E-state index in [4.69, 9.17) is 5.73 Å². The van der Waals surface area contributed by atoms with E-state index in [-0.39, 0.29) is 0 Å². The van der Waals surface area contributed by atoms with Crippen LogP contribution < -0.4 is 10.6 Å². The normalized spacial score (nSPS) is 17.0. The van der Waals surface area contributed by atoms with Crippen LogP contribution in [0.25, 0.3) is 0 Å². The third kappa shape index (κ3) is 4.54. The summed E-state index contributed by atoms with van der Waals surface area (Å²) in [5.74, 6) is 2.67. The summed E-state index contributed by atoms with van der Waals surface area (Å²) in [5.41, 5.74) is 5.92. The predicted octanol–water partition coefficient (Wildman–Crippen LogP) is 0.866. The van der Waals surface area contributed by atoms with E-state index >= 15 is 0 Å². The van der Waals surface area contributed by atoms with E-state index < -0.39 is 0 Å². The Labute approximate surface area is 127 Å². The molecule has 2 heterocycles. The van der Waals surface area contributed by atoms with Crippen molar-refractivity contribution < 1.29 is 0 Å². The Morgan fingerprint density at radius 1 is 1.19 bits per heavy atom. The molecule has 2 N–H and O–H groups in total. The number of nitrogens with two attached hydrogens (primary N) is 1. The van der Waals surface area contributed by atoms with Crippen LogP contribution in [0, 0.1) is 0 Å². The molecule has 2 rings (SSSR count). The summed E-state index contributed by atoms with van der Waals surface area (Å²) in [6, 6.07) is 1.89. The van der Waals surface area contributed by atoms with Crippen molar-refractivity contribution in [3.63, 3.8) is 0 Å². The zero-order valence-electron chi connectivity index (χ0n) is 13.7. The van der Waals surface area contributed by atoms with Crippen molar-refractivity contribution in [1.29, 1.82) is 0 Å². The summed E-state index contributed by atoms with van der Waals surface area (Å²) >= 11 is 0. The number of nitrogens with zero attached hydrogens (tertiary/aromatic N) is 5. The third-order valence-corrected chi connectivity index (χ3v) is 3.83. The monoisotopic (exact) mass is 292 g/mol. The van der Waals surface area contributed by atoms with Gasteiger partial charge in [0.1, 0.15) is 17.5 Å². The van der Waals surface area contributed by atoms with Crippen molar-refractivity contribution in [1.82, 2.24) is 19.8 Å². The average molecular weight is 292 g/mol. The molecule has 1 fully saturated rings. The van der Waals surface area contributed by atoms with Crippen LogP contribution in [-0.4, -0.2) is 73.1 Å². The van der Waals surface area contributed by atoms with E-state index in [1.165, 1.54) is 0 Å². The first-order chi connectivity index (χ1) is 9.95. The lowest BCUT2D eigenvalue weighted by atomic mass is 10.2. The Kier molecular flexibility index (Phi) is 5.36. The minimum absolute atomic E-state index is 0.300. The van der Waals surface area contributed by atoms with Crippen LogP contribution in [0.4, 0.5) is 11.6 Å². The molecule has 0 bridgehead atoms. The van der Waals surface area contributed by atoms with Gasteiger partial charge >= 0.3 is 0 Å². The average Bonchev–Trinajstić information content (AvgIpc) is 2.45. The van der Waals surface area contributed by atoms with Crippen molar-refractivity contribution in [2.24, 2.45) is 0 Å². The molecule has 0 spiro atoms. The van der Waals surface area contributed by atoms with Crippen LogP contribution in [0.1, 0.15) is 25.6 Å². The van der Waals surface area contributed by atoms with Crippen molar-refractivity contribution in [3.8, 4) is 0 Å². The topological polar surface area (TPSA) is 61.5 Å². The predicted molar refractivity (Wildman–Crippen MR) is 87.7 cm³/mol. The fraction of sp³-hybridized carbons (Fsp3) is 0.733. The second-order valence-corrected chi connectivity index (χ2v) is 6.30. The molecular weight excluding hydrogens is 264 g/mol. The summed E-state index contributed by atoms with van der Waals surface area (Å²) in [6.07, 6.45) is 0. The SMILES string of the molecule is CC(C)c1nc(N)cc(N2CCN(CCN(C)C)CC2)n1. The van der Waals surface area contributed by atoms with Crippen LogP contribution in [0.3, 0.4) is 0 Å². The lowest BCUT2D eigenvalue weighted by Crippen LogP contribution is -2.48. The van der Waals surface area contributed by atoms with Gasteiger partial charge in [-0.3, -0.25) is 4.90 Å². The Bertz CT molecular complexity index is 451. The quantitative estimate of drug-likeness (QED) is 0.869. The van der Waals surface area contributed by atoms with Gasteiger partial charge < -0.3 is 15.5 Å². The minimum Gasteiger partial charge on any atom is -0.384 e. The Balaban J connectivity index is 1.96. The first-order valence-corrected chi connectivity index (χ1v) is 7.72. The van der Waals surface area contributed by atoms with E-state index in [0.717, 1.165) is 50.9 Å². The summed E-state index contributed by atoms with van der Waals surface area (Å²) in [4.78, 5) is 16.0. The Hall–Kier alpha value is -1.40. The molecule has 6 nitrogen and oxygen atoms in total. The summed E-state index contributed by atoms with van der Waals surface area (Å²) in [7, 11) is 4.24. The van der Waals surface area contributed by atoms with Crippen LogP contribution in [-0.2, 0) is 0 Å². The van der Waals surface area contributed by atoms with Crippen molar-refractivity contribution in [2.45, 2.75) is 19.8 Å². The van der Waals surface area contributed by atoms with Gasteiger partial charge in [-0.25, -0.2) is 9.97 Å². The second-order valence-electron chi connectivity index (χ2n) is 6.30. The maximum atomic E-state index is 5.92. The number of likely N-dealkylation sites (N-methyl/N-ethyl adjacent to an activating group) is 1. The number of hydrogen-bond acceptors (Lipinski definition) is 6. The van der Waals surface area contributed by atoms with Crippen LogP contribution >= 0.6 is 0 Å². The highest BCUT2D eigenvalue weighted by Crippen LogP contribution is 2.19. The highest BCUT2D eigenvalue weighted by Gasteiger charge is 2.19. The van der Waals surface area contributed by atoms with Crippen molar-refractivity contribution in [3.05, 3.63) is 11.9 Å². The molecule has 1 aliphatic heterocycles. The molecule has 0 aliphatic carbocycles. The standard InChI is InChI=1S/C15H28N6/c1-12(2)15-17-13(16)11-14(18-15)21-9-7-20(8-10-21)6-5-19(3)4/h11-12H,5-10H2,1-4H3,(H2,16,17,18). The van der Waals surface area contributed by atoms with Gasteiger partial charge in [-0.2, -0.15) is 0 Å². The highest BCUT2D eigenvalue weighted by atomic mass is 15.3. The zero-order valence-corrected chi connectivity index (χ0v) is 13.7. The van der Waals surface area contributed by atoms with Gasteiger partial charge in [0.15, 0.2) is 0 Å². The third-order valence-electron chi connectivity index (χ3n) is 3.83. The van der Waals surface area contributed by atoms with E-state index in [2.05, 4.69) is 52.6 Å². The molecule has 0 radical (unpaired) electrons. The molecule has 1 aromatic rings. The lowest BCUT2D eigenvalue weighted by molar-refractivity contribution is 0.229. The lowest BCUT2D eigenvalue weighted by Gasteiger charge is -2.36. The van der Waals surface area contributed by atoms with Gasteiger partial charge in [0.2, 0.25) is 0 Å². The van der Waals surface area contributed by atoms with Crippen LogP contribution in [0.2, 0.25) is 0 Å². The molecule has 6 heteroatoms. The zero-order chi connectivity index (χ0) is 15.4. The number of hydrogen-bond donors (Lipinski definition) is 1. The van der Waals surface area contributed by atoms with Gasteiger partial charge in [0.05, 0.1) is 0 Å². The first kappa shape index (κ1) is 16.0. The number of piperazine rings is 1. The molecule has 0 amide bonds. The Morgan fingerprint density at radius 3 is 2.43 bits per heavy atom. The molecule has 0 atom stereocenters. The number of aromatic nitrogens is 2. The van der Waals surface area contributed by atoms with Gasteiger partial charge in [-0.05, 0) is 14.1 Å². The molecule has 0 saturated carbocycles. The van der Waals surface area contributed by atoms with Crippen molar-refractivity contribution >= 4 is 11.6 Å². The van der Waals surface area contributed by atoms with Gasteiger partial charge in [0.25, 0.3) is 0 Å². The largest absolute Gasteiger partial charge is 0.384 e. The van der Waals surface area contributed by atoms with E-state index in [1.54, 1.807) is 0 Å². The second kappa shape index (κ2) is 7.04. The molecule has 1 aliphatic rings. The maximum absolute atomic E-state index is 5.92. The molecular formula is C15H28N6. The summed E-state index contributed by atoms with van der Waals surface area (Å²) in [5, 5.41) is 0. The van der Waals surface area contributed by atoms with Crippen LogP contribution in [0.5, 0.6) is 0 Å². The molecule has 1 aromatic heterocycles. The van der Waals surface area contributed by atoms with E-state index in [1.807, 2.05) is 6.07 Å². The molecule has 0 aromatic carbocycles. The highest BCUT2D eigenvalue weighted by molar-refractivity contribution is 5.47. The summed E-state index contributed by atoms with van der Waals surface area (Å²) in [6.45, 7) is 10.6. The molecule has 0 unspecified atom stereocenters. The number of rotatable bonds is 5. The first-order valence-electron chi connectivity index (χ1n) is 7.72. The molecule has 118 valence electrons. The maximum Gasteiger partial charge on any atom is 0.135 e. The summed E-state index contributed by atoms with van der Waals surface area (Å²) < 4.78 is 0. The smallest absolute Gasteiger partial charge is 0.135 e.